The van der Waals surface area contributed by atoms with E-state index in [0.29, 0.717) is 11.6 Å². The summed E-state index contributed by atoms with van der Waals surface area (Å²) in [6.45, 7) is 4.75. The van der Waals surface area contributed by atoms with Crippen molar-refractivity contribution in [2.24, 2.45) is 5.92 Å². The SMILES string of the molecule is CCC1CC1NC/C=C(/C)C(=O)OC. The van der Waals surface area contributed by atoms with Gasteiger partial charge in [0.2, 0.25) is 0 Å². The highest BCUT2D eigenvalue weighted by atomic mass is 16.5. The summed E-state index contributed by atoms with van der Waals surface area (Å²) >= 11 is 0. The van der Waals surface area contributed by atoms with Crippen molar-refractivity contribution < 1.29 is 9.53 Å². The van der Waals surface area contributed by atoms with Gasteiger partial charge in [-0.2, -0.15) is 0 Å². The number of hydrogen-bond donors (Lipinski definition) is 1. The van der Waals surface area contributed by atoms with Crippen LogP contribution in [0.1, 0.15) is 26.7 Å². The van der Waals surface area contributed by atoms with Crippen molar-refractivity contribution in [3.05, 3.63) is 11.6 Å². The maximum atomic E-state index is 11.0. The summed E-state index contributed by atoms with van der Waals surface area (Å²) in [5.74, 6) is 0.608. The van der Waals surface area contributed by atoms with Crippen LogP contribution in [0.3, 0.4) is 0 Å². The molecule has 1 N–H and O–H groups in total. The standard InChI is InChI=1S/C11H19NO2/c1-4-9-7-10(9)12-6-5-8(2)11(13)14-3/h5,9-10,12H,4,6-7H2,1-3H3/b8-5-. The van der Waals surface area contributed by atoms with Crippen molar-refractivity contribution in [2.45, 2.75) is 32.7 Å². The first-order valence-corrected chi connectivity index (χ1v) is 5.17. The molecule has 0 spiro atoms. The monoisotopic (exact) mass is 197 g/mol. The summed E-state index contributed by atoms with van der Waals surface area (Å²) < 4.78 is 4.59. The van der Waals surface area contributed by atoms with E-state index in [4.69, 9.17) is 0 Å². The summed E-state index contributed by atoms with van der Waals surface area (Å²) in [5.41, 5.74) is 0.675. The Bertz CT molecular complexity index is 235. The molecular weight excluding hydrogens is 178 g/mol. The minimum absolute atomic E-state index is 0.241. The summed E-state index contributed by atoms with van der Waals surface area (Å²) in [6, 6.07) is 0.668. The first kappa shape index (κ1) is 11.2. The lowest BCUT2D eigenvalue weighted by Crippen LogP contribution is -2.18. The largest absolute Gasteiger partial charge is 0.466 e. The zero-order valence-electron chi connectivity index (χ0n) is 9.17. The van der Waals surface area contributed by atoms with Crippen molar-refractivity contribution in [2.75, 3.05) is 13.7 Å². The highest BCUT2D eigenvalue weighted by Crippen LogP contribution is 2.32. The number of hydrogen-bond acceptors (Lipinski definition) is 3. The van der Waals surface area contributed by atoms with Gasteiger partial charge in [-0.05, 0) is 19.3 Å². The van der Waals surface area contributed by atoms with Gasteiger partial charge in [0.25, 0.3) is 0 Å². The van der Waals surface area contributed by atoms with Gasteiger partial charge < -0.3 is 10.1 Å². The summed E-state index contributed by atoms with van der Waals surface area (Å²) in [5, 5.41) is 3.38. The molecule has 0 aromatic rings. The average molecular weight is 197 g/mol. The summed E-state index contributed by atoms with van der Waals surface area (Å²) in [7, 11) is 1.40. The fourth-order valence-corrected chi connectivity index (χ4v) is 1.56. The zero-order valence-corrected chi connectivity index (χ0v) is 9.17. The van der Waals surface area contributed by atoms with Crippen molar-refractivity contribution in [1.82, 2.24) is 5.32 Å². The fraction of sp³-hybridized carbons (Fsp3) is 0.727. The Kier molecular flexibility index (Phi) is 4.14. The molecule has 1 saturated carbocycles. The van der Waals surface area contributed by atoms with Gasteiger partial charge in [-0.1, -0.05) is 19.4 Å². The second-order valence-electron chi connectivity index (χ2n) is 3.80. The number of ether oxygens (including phenoxy) is 1. The van der Waals surface area contributed by atoms with Crippen LogP contribution in [0.5, 0.6) is 0 Å². The number of rotatable bonds is 5. The van der Waals surface area contributed by atoms with Crippen LogP contribution in [0.2, 0.25) is 0 Å². The van der Waals surface area contributed by atoms with E-state index in [-0.39, 0.29) is 5.97 Å². The summed E-state index contributed by atoms with van der Waals surface area (Å²) in [6.07, 6.45) is 4.41. The Morgan fingerprint density at radius 1 is 1.64 bits per heavy atom. The van der Waals surface area contributed by atoms with Crippen molar-refractivity contribution in [3.63, 3.8) is 0 Å². The predicted molar refractivity (Wildman–Crippen MR) is 56.0 cm³/mol. The van der Waals surface area contributed by atoms with Gasteiger partial charge in [-0.15, -0.1) is 0 Å². The number of esters is 1. The van der Waals surface area contributed by atoms with E-state index in [0.717, 1.165) is 12.5 Å². The van der Waals surface area contributed by atoms with Crippen LogP contribution in [0, 0.1) is 5.92 Å². The molecule has 0 aromatic heterocycles. The molecule has 0 bridgehead atoms. The van der Waals surface area contributed by atoms with Gasteiger partial charge in [0.15, 0.2) is 0 Å². The van der Waals surface area contributed by atoms with Gasteiger partial charge in [-0.3, -0.25) is 0 Å². The lowest BCUT2D eigenvalue weighted by Gasteiger charge is -2.01. The second-order valence-corrected chi connectivity index (χ2v) is 3.80. The van der Waals surface area contributed by atoms with E-state index in [1.807, 2.05) is 6.08 Å². The highest BCUT2D eigenvalue weighted by molar-refractivity contribution is 5.87. The topological polar surface area (TPSA) is 38.3 Å². The lowest BCUT2D eigenvalue weighted by molar-refractivity contribution is -0.136. The average Bonchev–Trinajstić information content (AvgIpc) is 2.95. The van der Waals surface area contributed by atoms with Crippen LogP contribution >= 0.6 is 0 Å². The van der Waals surface area contributed by atoms with E-state index in [1.54, 1.807) is 6.92 Å². The van der Waals surface area contributed by atoms with Gasteiger partial charge in [0.1, 0.15) is 0 Å². The predicted octanol–water partition coefficient (Wildman–Crippen LogP) is 1.49. The van der Waals surface area contributed by atoms with Crippen molar-refractivity contribution in [1.29, 1.82) is 0 Å². The fourth-order valence-electron chi connectivity index (χ4n) is 1.56. The van der Waals surface area contributed by atoms with Gasteiger partial charge >= 0.3 is 5.97 Å². The van der Waals surface area contributed by atoms with Crippen LogP contribution in [0.4, 0.5) is 0 Å². The van der Waals surface area contributed by atoms with Crippen molar-refractivity contribution >= 4 is 5.97 Å². The first-order chi connectivity index (χ1) is 6.69. The molecule has 1 fully saturated rings. The van der Waals surface area contributed by atoms with E-state index in [2.05, 4.69) is 17.0 Å². The van der Waals surface area contributed by atoms with Crippen LogP contribution in [-0.4, -0.2) is 25.7 Å². The zero-order chi connectivity index (χ0) is 10.6. The number of methoxy groups -OCH3 is 1. The van der Waals surface area contributed by atoms with Crippen LogP contribution in [0.15, 0.2) is 11.6 Å². The number of carbonyl (C=O) groups excluding carboxylic acids is 1. The van der Waals surface area contributed by atoms with Gasteiger partial charge in [0, 0.05) is 18.2 Å². The molecule has 2 unspecified atom stereocenters. The summed E-state index contributed by atoms with van der Waals surface area (Å²) in [4.78, 5) is 11.0. The Labute approximate surface area is 85.5 Å². The molecule has 2 atom stereocenters. The third-order valence-corrected chi connectivity index (χ3v) is 2.74. The molecule has 1 aliphatic carbocycles. The van der Waals surface area contributed by atoms with E-state index in [1.165, 1.54) is 20.0 Å². The minimum Gasteiger partial charge on any atom is -0.466 e. The Hall–Kier alpha value is -0.830. The quantitative estimate of drug-likeness (QED) is 0.536. The minimum atomic E-state index is -0.241. The van der Waals surface area contributed by atoms with Gasteiger partial charge in [0.05, 0.1) is 7.11 Å². The van der Waals surface area contributed by atoms with Crippen LogP contribution in [-0.2, 0) is 9.53 Å². The maximum absolute atomic E-state index is 11.0. The first-order valence-electron chi connectivity index (χ1n) is 5.17. The van der Waals surface area contributed by atoms with Gasteiger partial charge in [-0.25, -0.2) is 4.79 Å². The molecule has 0 radical (unpaired) electrons. The molecule has 1 aliphatic rings. The maximum Gasteiger partial charge on any atom is 0.333 e. The molecule has 0 saturated heterocycles. The Morgan fingerprint density at radius 2 is 2.36 bits per heavy atom. The van der Waals surface area contributed by atoms with Crippen molar-refractivity contribution in [3.8, 4) is 0 Å². The molecule has 0 aromatic carbocycles. The molecule has 0 heterocycles. The molecule has 3 heteroatoms. The lowest BCUT2D eigenvalue weighted by atomic mass is 10.3. The van der Waals surface area contributed by atoms with E-state index < -0.39 is 0 Å². The molecular formula is C11H19NO2. The molecule has 3 nitrogen and oxygen atoms in total. The number of nitrogens with one attached hydrogen (secondary N) is 1. The third-order valence-electron chi connectivity index (χ3n) is 2.74. The third kappa shape index (κ3) is 3.14. The molecule has 1 rings (SSSR count). The van der Waals surface area contributed by atoms with Crippen LogP contribution < -0.4 is 5.32 Å². The van der Waals surface area contributed by atoms with E-state index >= 15 is 0 Å². The number of carbonyl (C=O) groups is 1. The molecule has 14 heavy (non-hydrogen) atoms. The molecule has 0 amide bonds. The van der Waals surface area contributed by atoms with Crippen LogP contribution in [0.25, 0.3) is 0 Å². The van der Waals surface area contributed by atoms with E-state index in [9.17, 15) is 4.79 Å². The normalized spacial score (nSPS) is 26.1. The highest BCUT2D eigenvalue weighted by Gasteiger charge is 2.34. The Morgan fingerprint density at radius 3 is 2.86 bits per heavy atom. The molecule has 80 valence electrons. The molecule has 0 aliphatic heterocycles. The second kappa shape index (κ2) is 5.15. The Balaban J connectivity index is 2.17. The smallest absolute Gasteiger partial charge is 0.333 e.